The van der Waals surface area contributed by atoms with Crippen LogP contribution in [0.1, 0.15) is 45.5 Å². The van der Waals surface area contributed by atoms with Crippen molar-refractivity contribution in [3.05, 3.63) is 39.3 Å². The summed E-state index contributed by atoms with van der Waals surface area (Å²) in [5.41, 5.74) is 2.83. The number of rotatable bonds is 5. The lowest BCUT2D eigenvalue weighted by Crippen LogP contribution is -2.34. The van der Waals surface area contributed by atoms with Crippen molar-refractivity contribution in [3.63, 3.8) is 0 Å². The van der Waals surface area contributed by atoms with Gasteiger partial charge >= 0.3 is 0 Å². The highest BCUT2D eigenvalue weighted by Crippen LogP contribution is 2.24. The first-order valence-corrected chi connectivity index (χ1v) is 8.59. The molecule has 1 atom stereocenters. The number of hydrogen-bond acceptors (Lipinski definition) is 4. The second-order valence-corrected chi connectivity index (χ2v) is 6.92. The molecule has 0 bridgehead atoms. The van der Waals surface area contributed by atoms with Crippen molar-refractivity contribution < 1.29 is 4.79 Å². The number of likely N-dealkylation sites (N-methyl/N-ethyl adjacent to an activating group) is 1. The fourth-order valence-electron chi connectivity index (χ4n) is 2.96. The Morgan fingerprint density at radius 1 is 1.45 bits per heavy atom. The van der Waals surface area contributed by atoms with E-state index in [-0.39, 0.29) is 11.9 Å². The molecule has 2 N–H and O–H groups in total. The Morgan fingerprint density at radius 3 is 3.00 bits per heavy atom. The van der Waals surface area contributed by atoms with Gasteiger partial charge < -0.3 is 10.2 Å². The Labute approximate surface area is 134 Å². The summed E-state index contributed by atoms with van der Waals surface area (Å²) in [6, 6.07) is 4.35. The summed E-state index contributed by atoms with van der Waals surface area (Å²) in [6.45, 7) is 0.591. The van der Waals surface area contributed by atoms with Crippen molar-refractivity contribution in [2.45, 2.75) is 31.7 Å². The van der Waals surface area contributed by atoms with Crippen LogP contribution in [-0.4, -0.2) is 41.6 Å². The standard InChI is InChI=1S/C16H22N4OS/c1-20(2)13(14-8-5-9-22-14)10-17-16(21)15-11-6-3-4-7-12(11)18-19-15/h5,8-9,13H,3-4,6-7,10H2,1-2H3,(H,17,21)(H,18,19). The number of aryl methyl sites for hydroxylation is 1. The summed E-state index contributed by atoms with van der Waals surface area (Å²) in [7, 11) is 4.07. The van der Waals surface area contributed by atoms with Gasteiger partial charge in [0.25, 0.3) is 5.91 Å². The molecule has 5 nitrogen and oxygen atoms in total. The molecule has 1 amide bonds. The van der Waals surface area contributed by atoms with Crippen LogP contribution < -0.4 is 5.32 Å². The first-order valence-electron chi connectivity index (χ1n) is 7.71. The predicted molar refractivity (Wildman–Crippen MR) is 88.3 cm³/mol. The molecule has 2 aromatic rings. The van der Waals surface area contributed by atoms with Crippen molar-refractivity contribution >= 4 is 17.2 Å². The SMILES string of the molecule is CN(C)C(CNC(=O)c1n[nH]c2c1CCCC2)c1cccs1. The van der Waals surface area contributed by atoms with E-state index < -0.39 is 0 Å². The highest BCUT2D eigenvalue weighted by molar-refractivity contribution is 7.10. The Balaban J connectivity index is 1.68. The monoisotopic (exact) mass is 318 g/mol. The number of aromatic nitrogens is 2. The van der Waals surface area contributed by atoms with Gasteiger partial charge in [0, 0.05) is 22.7 Å². The average molecular weight is 318 g/mol. The fourth-order valence-corrected chi connectivity index (χ4v) is 3.88. The molecule has 0 aromatic carbocycles. The molecule has 0 radical (unpaired) electrons. The van der Waals surface area contributed by atoms with Crippen molar-refractivity contribution in [1.82, 2.24) is 20.4 Å². The molecular weight excluding hydrogens is 296 g/mol. The zero-order chi connectivity index (χ0) is 15.5. The third-order valence-corrected chi connectivity index (χ3v) is 5.20. The fraction of sp³-hybridized carbons (Fsp3) is 0.500. The van der Waals surface area contributed by atoms with Gasteiger partial charge in [-0.1, -0.05) is 6.07 Å². The van der Waals surface area contributed by atoms with E-state index >= 15 is 0 Å². The molecule has 0 saturated carbocycles. The van der Waals surface area contributed by atoms with Crippen LogP contribution in [0.5, 0.6) is 0 Å². The number of nitrogens with one attached hydrogen (secondary N) is 2. The molecule has 118 valence electrons. The number of thiophene rings is 1. The number of amides is 1. The quantitative estimate of drug-likeness (QED) is 0.890. The molecule has 1 unspecified atom stereocenters. The number of hydrogen-bond donors (Lipinski definition) is 2. The molecule has 2 heterocycles. The molecule has 0 fully saturated rings. The summed E-state index contributed by atoms with van der Waals surface area (Å²) in [4.78, 5) is 15.9. The van der Waals surface area contributed by atoms with Crippen molar-refractivity contribution in [1.29, 1.82) is 0 Å². The van der Waals surface area contributed by atoms with Crippen LogP contribution in [0.3, 0.4) is 0 Å². The van der Waals surface area contributed by atoms with E-state index in [0.29, 0.717) is 12.2 Å². The summed E-state index contributed by atoms with van der Waals surface area (Å²) >= 11 is 1.72. The van der Waals surface area contributed by atoms with Crippen LogP contribution in [0, 0.1) is 0 Å². The zero-order valence-corrected chi connectivity index (χ0v) is 13.9. The number of nitrogens with zero attached hydrogens (tertiary/aromatic N) is 2. The van der Waals surface area contributed by atoms with Gasteiger partial charge in [0.15, 0.2) is 5.69 Å². The van der Waals surface area contributed by atoms with Crippen LogP contribution >= 0.6 is 11.3 Å². The largest absolute Gasteiger partial charge is 0.349 e. The van der Waals surface area contributed by atoms with Crippen molar-refractivity contribution in [3.8, 4) is 0 Å². The minimum Gasteiger partial charge on any atom is -0.349 e. The average Bonchev–Trinajstić information content (AvgIpc) is 3.16. The molecular formula is C16H22N4OS. The lowest BCUT2D eigenvalue weighted by atomic mass is 9.96. The summed E-state index contributed by atoms with van der Waals surface area (Å²) in [5.74, 6) is -0.0668. The second kappa shape index (κ2) is 6.62. The minimum absolute atomic E-state index is 0.0668. The second-order valence-electron chi connectivity index (χ2n) is 5.94. The predicted octanol–water partition coefficient (Wildman–Crippen LogP) is 2.38. The zero-order valence-electron chi connectivity index (χ0n) is 13.1. The van der Waals surface area contributed by atoms with Crippen LogP contribution in [0.15, 0.2) is 17.5 Å². The maximum absolute atomic E-state index is 12.5. The van der Waals surface area contributed by atoms with Crippen LogP contribution in [0.4, 0.5) is 0 Å². The number of fused-ring (bicyclic) bond motifs is 1. The molecule has 0 saturated heterocycles. The van der Waals surface area contributed by atoms with Gasteiger partial charge in [0.1, 0.15) is 0 Å². The Bertz CT molecular complexity index is 633. The topological polar surface area (TPSA) is 61.0 Å². The number of aromatic amines is 1. The van der Waals surface area contributed by atoms with Gasteiger partial charge in [-0.2, -0.15) is 5.10 Å². The van der Waals surface area contributed by atoms with Crippen molar-refractivity contribution in [2.24, 2.45) is 0 Å². The summed E-state index contributed by atoms with van der Waals surface area (Å²) in [5, 5.41) is 12.4. The Morgan fingerprint density at radius 2 is 2.27 bits per heavy atom. The van der Waals surface area contributed by atoms with E-state index in [4.69, 9.17) is 0 Å². The lowest BCUT2D eigenvalue weighted by Gasteiger charge is -2.23. The highest BCUT2D eigenvalue weighted by atomic mass is 32.1. The summed E-state index contributed by atoms with van der Waals surface area (Å²) in [6.07, 6.45) is 4.28. The Hall–Kier alpha value is -1.66. The van der Waals surface area contributed by atoms with Gasteiger partial charge in [0.2, 0.25) is 0 Å². The van der Waals surface area contributed by atoms with E-state index in [0.717, 1.165) is 30.5 Å². The van der Waals surface area contributed by atoms with Gasteiger partial charge in [-0.3, -0.25) is 9.89 Å². The Kier molecular flexibility index (Phi) is 4.59. The molecule has 0 aliphatic heterocycles. The molecule has 1 aliphatic rings. The van der Waals surface area contributed by atoms with E-state index in [1.165, 1.54) is 11.3 Å². The van der Waals surface area contributed by atoms with Gasteiger partial charge in [-0.25, -0.2) is 0 Å². The normalized spacial score (nSPS) is 15.6. The lowest BCUT2D eigenvalue weighted by molar-refractivity contribution is 0.0936. The van der Waals surface area contributed by atoms with Crippen LogP contribution in [0.25, 0.3) is 0 Å². The summed E-state index contributed by atoms with van der Waals surface area (Å²) < 4.78 is 0. The smallest absolute Gasteiger partial charge is 0.272 e. The van der Waals surface area contributed by atoms with Gasteiger partial charge in [-0.05, 0) is 51.2 Å². The number of H-pyrrole nitrogens is 1. The van der Waals surface area contributed by atoms with E-state index in [9.17, 15) is 4.79 Å². The van der Waals surface area contributed by atoms with E-state index in [2.05, 4.69) is 31.9 Å². The van der Waals surface area contributed by atoms with E-state index in [1.807, 2.05) is 20.2 Å². The molecule has 0 spiro atoms. The maximum Gasteiger partial charge on any atom is 0.272 e. The third kappa shape index (κ3) is 3.08. The molecule has 1 aliphatic carbocycles. The first-order chi connectivity index (χ1) is 10.7. The molecule has 3 rings (SSSR count). The molecule has 2 aromatic heterocycles. The van der Waals surface area contributed by atoms with Crippen LogP contribution in [-0.2, 0) is 12.8 Å². The first kappa shape index (κ1) is 15.2. The van der Waals surface area contributed by atoms with E-state index in [1.54, 1.807) is 11.3 Å². The molecule has 6 heteroatoms. The highest BCUT2D eigenvalue weighted by Gasteiger charge is 2.23. The number of carbonyl (C=O) groups is 1. The maximum atomic E-state index is 12.5. The molecule has 22 heavy (non-hydrogen) atoms. The van der Waals surface area contributed by atoms with Gasteiger partial charge in [-0.15, -0.1) is 11.3 Å². The van der Waals surface area contributed by atoms with Crippen LogP contribution in [0.2, 0.25) is 0 Å². The van der Waals surface area contributed by atoms with Gasteiger partial charge in [0.05, 0.1) is 6.04 Å². The van der Waals surface area contributed by atoms with Crippen molar-refractivity contribution in [2.75, 3.05) is 20.6 Å². The minimum atomic E-state index is -0.0668. The third-order valence-electron chi connectivity index (χ3n) is 4.22. The number of carbonyl (C=O) groups excluding carboxylic acids is 1.